The summed E-state index contributed by atoms with van der Waals surface area (Å²) in [4.78, 5) is 12.1. The Kier molecular flexibility index (Phi) is 3.93. The largest absolute Gasteiger partial charge is 0.506 e. The van der Waals surface area contributed by atoms with Gasteiger partial charge in [0.25, 0.3) is 0 Å². The summed E-state index contributed by atoms with van der Waals surface area (Å²) in [6.45, 7) is 5.25. The summed E-state index contributed by atoms with van der Waals surface area (Å²) in [5.41, 5.74) is -0.570. The van der Waals surface area contributed by atoms with Gasteiger partial charge in [-0.1, -0.05) is 44.0 Å². The molecule has 5 heteroatoms. The van der Waals surface area contributed by atoms with Gasteiger partial charge in [0.05, 0.1) is 15.6 Å². The average molecular weight is 326 g/mol. The van der Waals surface area contributed by atoms with Crippen LogP contribution in [0.1, 0.15) is 31.1 Å². The van der Waals surface area contributed by atoms with Crippen LogP contribution in [0.25, 0.3) is 0 Å². The molecule has 0 atom stereocenters. The molecule has 0 amide bonds. The number of phenols is 1. The van der Waals surface area contributed by atoms with Crippen LogP contribution in [0.3, 0.4) is 0 Å². The fourth-order valence-electron chi connectivity index (χ4n) is 1.17. The Morgan fingerprint density at radius 3 is 2.31 bits per heavy atom. The Hall–Kier alpha value is -0.250. The van der Waals surface area contributed by atoms with Crippen molar-refractivity contribution >= 4 is 44.9 Å². The number of carbonyl (C=O) groups is 1. The van der Waals surface area contributed by atoms with Crippen molar-refractivity contribution in [3.63, 3.8) is 0 Å². The smallest absolute Gasteiger partial charge is 0.173 e. The molecule has 0 saturated heterocycles. The summed E-state index contributed by atoms with van der Waals surface area (Å²) in [6.07, 6.45) is 0. The van der Waals surface area contributed by atoms with Gasteiger partial charge in [0.2, 0.25) is 0 Å². The second kappa shape index (κ2) is 4.55. The molecule has 0 unspecified atom stereocenters. The van der Waals surface area contributed by atoms with Crippen LogP contribution in [-0.2, 0) is 0 Å². The van der Waals surface area contributed by atoms with Gasteiger partial charge in [0, 0.05) is 9.89 Å². The van der Waals surface area contributed by atoms with E-state index < -0.39 is 5.41 Å². The van der Waals surface area contributed by atoms with Crippen LogP contribution in [0.5, 0.6) is 5.75 Å². The van der Waals surface area contributed by atoms with Gasteiger partial charge < -0.3 is 5.11 Å². The Morgan fingerprint density at radius 2 is 1.88 bits per heavy atom. The van der Waals surface area contributed by atoms with E-state index >= 15 is 0 Å². The number of Topliss-reactive ketones (excluding diaryl/α,β-unsaturated/α-hetero) is 1. The Balaban J connectivity index is 3.50. The zero-order valence-electron chi connectivity index (χ0n) is 9.07. The summed E-state index contributed by atoms with van der Waals surface area (Å²) in [7, 11) is 0. The summed E-state index contributed by atoms with van der Waals surface area (Å²) < 4.78 is 0.490. The summed E-state index contributed by atoms with van der Waals surface area (Å²) in [6, 6.07) is 1.46. The highest BCUT2D eigenvalue weighted by atomic mass is 79.9. The molecule has 0 aliphatic rings. The van der Waals surface area contributed by atoms with Gasteiger partial charge in [-0.05, 0) is 22.0 Å². The number of rotatable bonds is 1. The first-order valence-electron chi connectivity index (χ1n) is 4.57. The number of ketones is 1. The first-order valence-corrected chi connectivity index (χ1v) is 6.12. The van der Waals surface area contributed by atoms with E-state index in [-0.39, 0.29) is 27.1 Å². The van der Waals surface area contributed by atoms with Crippen molar-refractivity contribution in [2.45, 2.75) is 20.8 Å². The molecular weight excluding hydrogens is 315 g/mol. The Bertz CT molecular complexity index is 424. The van der Waals surface area contributed by atoms with E-state index in [0.29, 0.717) is 4.47 Å². The van der Waals surface area contributed by atoms with Crippen molar-refractivity contribution in [3.8, 4) is 5.75 Å². The maximum absolute atomic E-state index is 12.1. The van der Waals surface area contributed by atoms with Crippen molar-refractivity contribution in [2.75, 3.05) is 0 Å². The van der Waals surface area contributed by atoms with Crippen LogP contribution in [0.15, 0.2) is 10.5 Å². The molecule has 0 aliphatic carbocycles. The molecule has 88 valence electrons. The number of halogens is 3. The van der Waals surface area contributed by atoms with E-state index in [9.17, 15) is 9.90 Å². The summed E-state index contributed by atoms with van der Waals surface area (Å²) in [5.74, 6) is -0.520. The third-order valence-corrected chi connectivity index (χ3v) is 3.59. The third-order valence-electron chi connectivity index (χ3n) is 2.05. The molecule has 2 nitrogen and oxygen atoms in total. The van der Waals surface area contributed by atoms with E-state index in [1.807, 2.05) is 0 Å². The zero-order chi connectivity index (χ0) is 12.7. The number of carbonyl (C=O) groups excluding carboxylic acids is 1. The summed E-state index contributed by atoms with van der Waals surface area (Å²) in [5, 5.41) is 10.1. The molecule has 1 rings (SSSR count). The maximum Gasteiger partial charge on any atom is 0.173 e. The van der Waals surface area contributed by atoms with Crippen LogP contribution < -0.4 is 0 Å². The molecule has 0 spiro atoms. The maximum atomic E-state index is 12.1. The molecule has 0 aromatic heterocycles. The van der Waals surface area contributed by atoms with Crippen molar-refractivity contribution in [2.24, 2.45) is 5.41 Å². The minimum atomic E-state index is -0.634. The highest BCUT2D eigenvalue weighted by molar-refractivity contribution is 9.10. The minimum absolute atomic E-state index is 0.0635. The molecule has 0 fully saturated rings. The molecule has 0 heterocycles. The molecule has 16 heavy (non-hydrogen) atoms. The van der Waals surface area contributed by atoms with Crippen LogP contribution in [0, 0.1) is 5.41 Å². The molecule has 0 aliphatic heterocycles. The van der Waals surface area contributed by atoms with Gasteiger partial charge >= 0.3 is 0 Å². The summed E-state index contributed by atoms with van der Waals surface area (Å²) >= 11 is 15.0. The monoisotopic (exact) mass is 324 g/mol. The first kappa shape index (κ1) is 13.8. The number of hydrogen-bond acceptors (Lipinski definition) is 2. The van der Waals surface area contributed by atoms with Crippen LogP contribution in [0.2, 0.25) is 10.0 Å². The van der Waals surface area contributed by atoms with Crippen LogP contribution in [-0.4, -0.2) is 10.9 Å². The Labute approximate surface area is 113 Å². The van der Waals surface area contributed by atoms with Crippen molar-refractivity contribution < 1.29 is 9.90 Å². The molecule has 0 saturated carbocycles. The third kappa shape index (κ3) is 2.53. The molecule has 1 N–H and O–H groups in total. The van der Waals surface area contributed by atoms with Gasteiger partial charge in [-0.2, -0.15) is 0 Å². The molecule has 1 aromatic carbocycles. The van der Waals surface area contributed by atoms with E-state index in [0.717, 1.165) is 0 Å². The quantitative estimate of drug-likeness (QED) is 0.600. The SMILES string of the molecule is CC(C)(C)C(=O)c1c(O)c(Cl)cc(Br)c1Cl. The lowest BCUT2D eigenvalue weighted by atomic mass is 9.86. The van der Waals surface area contributed by atoms with Crippen LogP contribution in [0.4, 0.5) is 0 Å². The number of aromatic hydroxyl groups is 1. The number of phenolic OH excluding ortho intramolecular Hbond substituents is 1. The van der Waals surface area contributed by atoms with Crippen LogP contribution >= 0.6 is 39.1 Å². The second-order valence-electron chi connectivity index (χ2n) is 4.46. The molecular formula is C11H11BrCl2O2. The van der Waals surface area contributed by atoms with Gasteiger partial charge in [-0.15, -0.1) is 0 Å². The standard InChI is InChI=1S/C11H11BrCl2O2/c1-11(2,3)10(16)7-8(14)5(12)4-6(13)9(7)15/h4,15H,1-3H3. The average Bonchev–Trinajstić information content (AvgIpc) is 2.13. The molecule has 1 aromatic rings. The first-order chi connectivity index (χ1) is 7.16. The highest BCUT2D eigenvalue weighted by Crippen LogP contribution is 2.41. The lowest BCUT2D eigenvalue weighted by Gasteiger charge is -2.19. The lowest BCUT2D eigenvalue weighted by Crippen LogP contribution is -2.20. The number of hydrogen-bond donors (Lipinski definition) is 1. The predicted molar refractivity (Wildman–Crippen MR) is 69.6 cm³/mol. The van der Waals surface area contributed by atoms with E-state index in [4.69, 9.17) is 23.2 Å². The van der Waals surface area contributed by atoms with E-state index in [1.165, 1.54) is 6.07 Å². The van der Waals surface area contributed by atoms with Crippen molar-refractivity contribution in [1.82, 2.24) is 0 Å². The normalized spacial score (nSPS) is 11.6. The van der Waals surface area contributed by atoms with E-state index in [2.05, 4.69) is 15.9 Å². The minimum Gasteiger partial charge on any atom is -0.506 e. The van der Waals surface area contributed by atoms with Gasteiger partial charge in [-0.3, -0.25) is 4.79 Å². The zero-order valence-corrected chi connectivity index (χ0v) is 12.2. The predicted octanol–water partition coefficient (Wildman–Crippen LogP) is 4.69. The van der Waals surface area contributed by atoms with Crippen molar-refractivity contribution in [3.05, 3.63) is 26.1 Å². The van der Waals surface area contributed by atoms with Gasteiger partial charge in [-0.25, -0.2) is 0 Å². The second-order valence-corrected chi connectivity index (χ2v) is 6.10. The fraction of sp³-hybridized carbons (Fsp3) is 0.364. The topological polar surface area (TPSA) is 37.3 Å². The van der Waals surface area contributed by atoms with Gasteiger partial charge in [0.1, 0.15) is 5.75 Å². The highest BCUT2D eigenvalue weighted by Gasteiger charge is 2.29. The number of benzene rings is 1. The van der Waals surface area contributed by atoms with E-state index in [1.54, 1.807) is 20.8 Å². The lowest BCUT2D eigenvalue weighted by molar-refractivity contribution is 0.0855. The van der Waals surface area contributed by atoms with Crippen molar-refractivity contribution in [1.29, 1.82) is 0 Å². The van der Waals surface area contributed by atoms with Gasteiger partial charge in [0.15, 0.2) is 5.78 Å². The molecule has 0 bridgehead atoms. The fourth-order valence-corrected chi connectivity index (χ4v) is 2.16. The Morgan fingerprint density at radius 1 is 1.38 bits per heavy atom. The molecule has 0 radical (unpaired) electrons.